The third-order valence-corrected chi connectivity index (χ3v) is 1.17. The fourth-order valence-corrected chi connectivity index (χ4v) is 0.531. The van der Waals surface area contributed by atoms with Crippen molar-refractivity contribution < 1.29 is 30.7 Å². The molecule has 0 rings (SSSR count). The first kappa shape index (κ1) is 12.5. The maximum absolute atomic E-state index is 12.1. The highest BCUT2D eigenvalue weighted by molar-refractivity contribution is 6.25. The van der Waals surface area contributed by atoms with Crippen molar-refractivity contribution in [2.24, 2.45) is 0 Å². The van der Waals surface area contributed by atoms with E-state index >= 15 is 0 Å². The summed E-state index contributed by atoms with van der Waals surface area (Å²) in [6.07, 6.45) is -7.03. The molecule has 78 valence electrons. The first-order valence-electron chi connectivity index (χ1n) is 2.66. The minimum absolute atomic E-state index is 0.0976. The molecule has 0 aliphatic heterocycles. The van der Waals surface area contributed by atoms with E-state index in [4.69, 9.17) is 0 Å². The molecule has 0 aliphatic rings. The summed E-state index contributed by atoms with van der Waals surface area (Å²) in [6, 6.07) is 0. The Morgan fingerprint density at radius 3 is 1.46 bits per heavy atom. The van der Waals surface area contributed by atoms with Crippen LogP contribution < -0.4 is 0 Å². The van der Waals surface area contributed by atoms with Crippen molar-refractivity contribution in [1.29, 1.82) is 0 Å². The molecule has 0 unspecified atom stereocenters. The van der Waals surface area contributed by atoms with Crippen LogP contribution in [0, 0.1) is 0 Å². The largest absolute Gasteiger partial charge is 0.460 e. The predicted molar refractivity (Wildman–Crippen MR) is 30.9 cm³/mol. The lowest BCUT2D eigenvalue weighted by molar-refractivity contribution is -0.341. The lowest BCUT2D eigenvalue weighted by Crippen LogP contribution is -2.50. The molecule has 0 heterocycles. The van der Waals surface area contributed by atoms with Gasteiger partial charge in [0.15, 0.2) is 0 Å². The van der Waals surface area contributed by atoms with Gasteiger partial charge in [0.1, 0.15) is 0 Å². The van der Waals surface area contributed by atoms with Gasteiger partial charge in [0, 0.05) is 11.6 Å². The molecule has 0 aromatic rings. The molecule has 0 aliphatic carbocycles. The van der Waals surface area contributed by atoms with Gasteiger partial charge in [0.2, 0.25) is 0 Å². The maximum Gasteiger partial charge on any atom is 0.460 e. The molecule has 0 fully saturated rings. The Morgan fingerprint density at radius 1 is 0.846 bits per heavy atom. The van der Waals surface area contributed by atoms with Crippen LogP contribution in [0.15, 0.2) is 11.6 Å². The zero-order chi connectivity index (χ0) is 10.9. The molecule has 0 spiro atoms. The summed E-state index contributed by atoms with van der Waals surface area (Å²) < 4.78 is 82.0. The molecule has 0 bridgehead atoms. The molecule has 0 radical (unpaired) electrons. The third-order valence-electron chi connectivity index (χ3n) is 1.05. The van der Waals surface area contributed by atoms with E-state index in [-0.39, 0.29) is 5.54 Å². The van der Waals surface area contributed by atoms with Crippen molar-refractivity contribution >= 4 is 11.6 Å². The van der Waals surface area contributed by atoms with E-state index in [0.29, 0.717) is 0 Å². The van der Waals surface area contributed by atoms with Gasteiger partial charge in [0.05, 0.1) is 0 Å². The normalized spacial score (nSPS) is 15.4. The number of halogens is 8. The van der Waals surface area contributed by atoms with Crippen LogP contribution >= 0.6 is 11.6 Å². The Morgan fingerprint density at radius 2 is 1.23 bits per heavy atom. The predicted octanol–water partition coefficient (Wildman–Crippen LogP) is 3.57. The van der Waals surface area contributed by atoms with Crippen LogP contribution in [0.5, 0.6) is 0 Å². The second-order valence-corrected chi connectivity index (χ2v) is 2.24. The number of allylic oxidation sites excluding steroid dienone is 1. The summed E-state index contributed by atoms with van der Waals surface area (Å²) in [5.74, 6) is -11.5. The van der Waals surface area contributed by atoms with Gasteiger partial charge < -0.3 is 0 Å². The molecule has 0 amide bonds. The lowest BCUT2D eigenvalue weighted by atomic mass is 10.1. The van der Waals surface area contributed by atoms with E-state index in [2.05, 4.69) is 11.6 Å². The minimum atomic E-state index is -6.31. The topological polar surface area (TPSA) is 0 Å². The second-order valence-electron chi connectivity index (χ2n) is 1.99. The molecule has 0 saturated heterocycles. The van der Waals surface area contributed by atoms with Crippen LogP contribution in [0.2, 0.25) is 0 Å². The van der Waals surface area contributed by atoms with Crippen molar-refractivity contribution in [3.63, 3.8) is 0 Å². The summed E-state index contributed by atoms with van der Waals surface area (Å²) in [5, 5.41) is 0. The Kier molecular flexibility index (Phi) is 3.24. The van der Waals surface area contributed by atoms with Crippen LogP contribution in [0.1, 0.15) is 0 Å². The van der Waals surface area contributed by atoms with E-state index in [1.54, 1.807) is 0 Å². The molecule has 0 aromatic carbocycles. The van der Waals surface area contributed by atoms with Crippen LogP contribution in [-0.2, 0) is 0 Å². The zero-order valence-corrected chi connectivity index (χ0v) is 6.43. The van der Waals surface area contributed by atoms with E-state index in [0.717, 1.165) is 0 Å². The van der Waals surface area contributed by atoms with Gasteiger partial charge in [-0.25, -0.2) is 0 Å². The van der Waals surface area contributed by atoms with E-state index in [1.165, 1.54) is 0 Å². The summed E-state index contributed by atoms with van der Waals surface area (Å²) in [5.41, 5.74) is -0.0976. The van der Waals surface area contributed by atoms with Crippen molar-refractivity contribution in [1.82, 2.24) is 0 Å². The molecule has 0 aromatic heterocycles. The molecular formula is C5H2ClF7. The van der Waals surface area contributed by atoms with Crippen molar-refractivity contribution in [3.8, 4) is 0 Å². The maximum atomic E-state index is 12.1. The molecule has 13 heavy (non-hydrogen) atoms. The van der Waals surface area contributed by atoms with Gasteiger partial charge in [0.25, 0.3) is 0 Å². The second kappa shape index (κ2) is 3.36. The molecule has 0 saturated carbocycles. The number of hydrogen-bond donors (Lipinski definition) is 0. The van der Waals surface area contributed by atoms with Crippen molar-refractivity contribution in [2.75, 3.05) is 0 Å². The van der Waals surface area contributed by atoms with Crippen LogP contribution in [0.4, 0.5) is 30.7 Å². The van der Waals surface area contributed by atoms with Gasteiger partial charge in [-0.15, -0.1) is 0 Å². The summed E-state index contributed by atoms with van der Waals surface area (Å²) in [6.45, 7) is 0. The molecule has 0 nitrogen and oxygen atoms in total. The third kappa shape index (κ3) is 2.26. The van der Waals surface area contributed by atoms with E-state index in [9.17, 15) is 30.7 Å². The molecule has 0 atom stereocenters. The quantitative estimate of drug-likeness (QED) is 0.636. The summed E-state index contributed by atoms with van der Waals surface area (Å²) >= 11 is 4.48. The van der Waals surface area contributed by atoms with Crippen LogP contribution in [-0.4, -0.2) is 18.0 Å². The van der Waals surface area contributed by atoms with Gasteiger partial charge in [-0.1, -0.05) is 11.6 Å². The Balaban J connectivity index is 5.03. The average molecular weight is 231 g/mol. The van der Waals surface area contributed by atoms with Crippen molar-refractivity contribution in [3.05, 3.63) is 11.6 Å². The highest BCUT2D eigenvalue weighted by Crippen LogP contribution is 2.47. The monoisotopic (exact) mass is 230 g/mol. The van der Waals surface area contributed by atoms with Gasteiger partial charge in [-0.3, -0.25) is 0 Å². The number of alkyl halides is 7. The Bertz CT molecular complexity index is 203. The average Bonchev–Trinajstić information content (AvgIpc) is 1.84. The van der Waals surface area contributed by atoms with Crippen molar-refractivity contribution in [2.45, 2.75) is 18.0 Å². The molecule has 0 N–H and O–H groups in total. The van der Waals surface area contributed by atoms with E-state index < -0.39 is 24.1 Å². The first-order chi connectivity index (χ1) is 5.56. The lowest BCUT2D eigenvalue weighted by Gasteiger charge is -2.25. The molecular weight excluding hydrogens is 228 g/mol. The van der Waals surface area contributed by atoms with Crippen LogP contribution in [0.3, 0.4) is 0 Å². The summed E-state index contributed by atoms with van der Waals surface area (Å²) in [4.78, 5) is 0. The molecule has 8 heteroatoms. The summed E-state index contributed by atoms with van der Waals surface area (Å²) in [7, 11) is 0. The number of hydrogen-bond acceptors (Lipinski definition) is 0. The fourth-order valence-electron chi connectivity index (χ4n) is 0.373. The fraction of sp³-hybridized carbons (Fsp3) is 0.600. The minimum Gasteiger partial charge on any atom is -0.195 e. The van der Waals surface area contributed by atoms with E-state index in [1.807, 2.05) is 0 Å². The van der Waals surface area contributed by atoms with Gasteiger partial charge in [-0.05, 0) is 0 Å². The number of rotatable bonds is 2. The zero-order valence-electron chi connectivity index (χ0n) is 5.68. The van der Waals surface area contributed by atoms with Gasteiger partial charge >= 0.3 is 18.0 Å². The Hall–Kier alpha value is -0.460. The highest BCUT2D eigenvalue weighted by Gasteiger charge is 2.71. The van der Waals surface area contributed by atoms with Crippen LogP contribution in [0.25, 0.3) is 0 Å². The highest BCUT2D eigenvalue weighted by atomic mass is 35.5. The Labute approximate surface area is 73.0 Å². The standard InChI is InChI=1S/C5H2ClF7/c6-2-1-3(7,8)4(9,10)5(11,12)13/h1-2H/b2-1+. The first-order valence-corrected chi connectivity index (χ1v) is 3.10. The smallest absolute Gasteiger partial charge is 0.195 e. The van der Waals surface area contributed by atoms with Gasteiger partial charge in [-0.2, -0.15) is 30.7 Å². The SMILES string of the molecule is FC(F)(F)C(F)(F)C(F)(F)/C=C/Cl.